The van der Waals surface area contributed by atoms with E-state index in [2.05, 4.69) is 24.0 Å². The highest BCUT2D eigenvalue weighted by Crippen LogP contribution is 2.30. The summed E-state index contributed by atoms with van der Waals surface area (Å²) in [6, 6.07) is 5.47. The van der Waals surface area contributed by atoms with Crippen molar-refractivity contribution in [1.29, 1.82) is 0 Å². The lowest BCUT2D eigenvalue weighted by atomic mass is 10.1. The van der Waals surface area contributed by atoms with E-state index in [0.717, 1.165) is 12.0 Å². The van der Waals surface area contributed by atoms with Gasteiger partial charge in [-0.25, -0.2) is 0 Å². The van der Waals surface area contributed by atoms with E-state index in [1.54, 1.807) is 6.07 Å². The van der Waals surface area contributed by atoms with Crippen LogP contribution >= 0.6 is 0 Å². The Morgan fingerprint density at radius 2 is 2.12 bits per heavy atom. The third-order valence-electron chi connectivity index (χ3n) is 2.53. The molecule has 1 aromatic heterocycles. The lowest BCUT2D eigenvalue weighted by Gasteiger charge is -2.01. The van der Waals surface area contributed by atoms with Crippen molar-refractivity contribution in [2.45, 2.75) is 27.2 Å². The summed E-state index contributed by atoms with van der Waals surface area (Å²) < 4.78 is 5.17. The van der Waals surface area contributed by atoms with Crippen LogP contribution in [0.4, 0.5) is 0 Å². The number of rotatable bonds is 3. The number of aromatic nitrogens is 2. The zero-order chi connectivity index (χ0) is 12.4. The van der Waals surface area contributed by atoms with Crippen LogP contribution in [0.2, 0.25) is 0 Å². The zero-order valence-corrected chi connectivity index (χ0v) is 10.3. The molecule has 0 aliphatic rings. The highest BCUT2D eigenvalue weighted by atomic mass is 16.5. The number of nitrogens with zero attached hydrogens (tertiary/aromatic N) is 2. The van der Waals surface area contributed by atoms with Crippen molar-refractivity contribution >= 4 is 0 Å². The summed E-state index contributed by atoms with van der Waals surface area (Å²) in [7, 11) is 0. The quantitative estimate of drug-likeness (QED) is 0.883. The maximum atomic E-state index is 9.91. The molecule has 0 saturated heterocycles. The number of hydrogen-bond acceptors (Lipinski definition) is 4. The molecule has 0 saturated carbocycles. The largest absolute Gasteiger partial charge is 0.507 e. The van der Waals surface area contributed by atoms with Gasteiger partial charge in [-0.3, -0.25) is 0 Å². The number of hydrogen-bond donors (Lipinski definition) is 1. The van der Waals surface area contributed by atoms with Crippen LogP contribution in [0.5, 0.6) is 5.75 Å². The van der Waals surface area contributed by atoms with Gasteiger partial charge >= 0.3 is 0 Å². The monoisotopic (exact) mass is 232 g/mol. The van der Waals surface area contributed by atoms with Crippen LogP contribution in [0.1, 0.15) is 25.2 Å². The van der Waals surface area contributed by atoms with Gasteiger partial charge in [-0.1, -0.05) is 31.1 Å². The average Bonchev–Trinajstić information content (AvgIpc) is 2.69. The Hall–Kier alpha value is -1.84. The second kappa shape index (κ2) is 4.57. The third kappa shape index (κ3) is 2.46. The molecule has 0 amide bonds. The predicted molar refractivity (Wildman–Crippen MR) is 64.7 cm³/mol. The molecule has 1 aromatic carbocycles. The molecule has 4 heteroatoms. The number of aryl methyl sites for hydroxylation is 1. The average molecular weight is 232 g/mol. The SMILES string of the molecule is Cc1cccc(-c2nc(CC(C)C)no2)c1O. The lowest BCUT2D eigenvalue weighted by molar-refractivity contribution is 0.413. The predicted octanol–water partition coefficient (Wildman–Crippen LogP) is 2.95. The summed E-state index contributed by atoms with van der Waals surface area (Å²) in [4.78, 5) is 4.28. The maximum absolute atomic E-state index is 9.91. The minimum Gasteiger partial charge on any atom is -0.507 e. The third-order valence-corrected chi connectivity index (χ3v) is 2.53. The van der Waals surface area contributed by atoms with E-state index in [4.69, 9.17) is 4.52 Å². The Kier molecular flexibility index (Phi) is 3.13. The normalized spacial score (nSPS) is 11.1. The zero-order valence-electron chi connectivity index (χ0n) is 10.3. The summed E-state index contributed by atoms with van der Waals surface area (Å²) in [5.41, 5.74) is 1.39. The van der Waals surface area contributed by atoms with Crippen LogP contribution in [0.25, 0.3) is 11.5 Å². The second-order valence-electron chi connectivity index (χ2n) is 4.58. The van der Waals surface area contributed by atoms with Gasteiger partial charge in [-0.2, -0.15) is 4.98 Å². The van der Waals surface area contributed by atoms with Gasteiger partial charge in [0.1, 0.15) is 5.75 Å². The van der Waals surface area contributed by atoms with Crippen molar-refractivity contribution in [1.82, 2.24) is 10.1 Å². The van der Waals surface area contributed by atoms with Gasteiger partial charge in [0.15, 0.2) is 5.82 Å². The molecule has 17 heavy (non-hydrogen) atoms. The Bertz CT molecular complexity index is 518. The molecule has 0 unspecified atom stereocenters. The lowest BCUT2D eigenvalue weighted by Crippen LogP contribution is -1.95. The van der Waals surface area contributed by atoms with Gasteiger partial charge in [0.2, 0.25) is 0 Å². The van der Waals surface area contributed by atoms with E-state index in [1.165, 1.54) is 0 Å². The van der Waals surface area contributed by atoms with Crippen LogP contribution in [0, 0.1) is 12.8 Å². The minimum absolute atomic E-state index is 0.201. The standard InChI is InChI=1S/C13H16N2O2/c1-8(2)7-11-14-13(17-15-11)10-6-4-5-9(3)12(10)16/h4-6,8,16H,7H2,1-3H3. The Morgan fingerprint density at radius 1 is 1.35 bits per heavy atom. The van der Waals surface area contributed by atoms with Gasteiger partial charge in [0.25, 0.3) is 5.89 Å². The summed E-state index contributed by atoms with van der Waals surface area (Å²) in [5, 5.41) is 13.8. The van der Waals surface area contributed by atoms with E-state index in [1.807, 2.05) is 19.1 Å². The molecule has 4 nitrogen and oxygen atoms in total. The Balaban J connectivity index is 2.34. The van der Waals surface area contributed by atoms with Crippen molar-refractivity contribution in [2.75, 3.05) is 0 Å². The van der Waals surface area contributed by atoms with Crippen molar-refractivity contribution < 1.29 is 9.63 Å². The van der Waals surface area contributed by atoms with Gasteiger partial charge in [-0.15, -0.1) is 0 Å². The highest BCUT2D eigenvalue weighted by molar-refractivity contribution is 5.64. The highest BCUT2D eigenvalue weighted by Gasteiger charge is 2.14. The molecule has 0 aliphatic heterocycles. The molecule has 0 aliphatic carbocycles. The molecule has 2 rings (SSSR count). The fourth-order valence-electron chi connectivity index (χ4n) is 1.64. The molecule has 1 N–H and O–H groups in total. The molecule has 1 heterocycles. The summed E-state index contributed by atoms with van der Waals surface area (Å²) >= 11 is 0. The molecule has 0 radical (unpaired) electrons. The van der Waals surface area contributed by atoms with Crippen molar-refractivity contribution in [3.05, 3.63) is 29.6 Å². The smallest absolute Gasteiger partial charge is 0.261 e. The Morgan fingerprint density at radius 3 is 2.82 bits per heavy atom. The van der Waals surface area contributed by atoms with Crippen LogP contribution in [0.3, 0.4) is 0 Å². The first-order valence-electron chi connectivity index (χ1n) is 5.69. The number of aromatic hydroxyl groups is 1. The van der Waals surface area contributed by atoms with Gasteiger partial charge < -0.3 is 9.63 Å². The van der Waals surface area contributed by atoms with Crippen LogP contribution in [-0.2, 0) is 6.42 Å². The van der Waals surface area contributed by atoms with E-state index in [0.29, 0.717) is 23.2 Å². The molecule has 0 spiro atoms. The summed E-state index contributed by atoms with van der Waals surface area (Å²) in [6.07, 6.45) is 0.774. The van der Waals surface area contributed by atoms with Crippen LogP contribution in [-0.4, -0.2) is 15.2 Å². The maximum Gasteiger partial charge on any atom is 0.261 e. The number of benzene rings is 1. The van der Waals surface area contributed by atoms with E-state index in [-0.39, 0.29) is 5.75 Å². The molecule has 0 atom stereocenters. The minimum atomic E-state index is 0.201. The first-order valence-corrected chi connectivity index (χ1v) is 5.69. The molecular weight excluding hydrogens is 216 g/mol. The molecule has 0 fully saturated rings. The van der Waals surface area contributed by atoms with Gasteiger partial charge in [-0.05, 0) is 24.5 Å². The summed E-state index contributed by atoms with van der Waals surface area (Å²) in [6.45, 7) is 6.03. The topological polar surface area (TPSA) is 59.2 Å². The fraction of sp³-hybridized carbons (Fsp3) is 0.385. The fourth-order valence-corrected chi connectivity index (χ4v) is 1.64. The molecule has 90 valence electrons. The van der Waals surface area contributed by atoms with E-state index in [9.17, 15) is 5.11 Å². The first kappa shape index (κ1) is 11.6. The van der Waals surface area contributed by atoms with Crippen molar-refractivity contribution in [2.24, 2.45) is 5.92 Å². The van der Waals surface area contributed by atoms with Crippen molar-refractivity contribution in [3.8, 4) is 17.2 Å². The van der Waals surface area contributed by atoms with Gasteiger partial charge in [0, 0.05) is 6.42 Å². The number of para-hydroxylation sites is 1. The van der Waals surface area contributed by atoms with Crippen LogP contribution < -0.4 is 0 Å². The van der Waals surface area contributed by atoms with Gasteiger partial charge in [0.05, 0.1) is 5.56 Å². The van der Waals surface area contributed by atoms with E-state index < -0.39 is 0 Å². The molecule has 0 bridgehead atoms. The second-order valence-corrected chi connectivity index (χ2v) is 4.58. The summed E-state index contributed by atoms with van der Waals surface area (Å²) in [5.74, 6) is 1.73. The van der Waals surface area contributed by atoms with E-state index >= 15 is 0 Å². The number of phenols is 1. The Labute approximate surface area is 100 Å². The van der Waals surface area contributed by atoms with Crippen molar-refractivity contribution in [3.63, 3.8) is 0 Å². The van der Waals surface area contributed by atoms with Crippen LogP contribution in [0.15, 0.2) is 22.7 Å². The molecular formula is C13H16N2O2. The first-order chi connectivity index (χ1) is 8.08. The molecule has 2 aromatic rings. The number of phenolic OH excluding ortho intramolecular Hbond substituents is 1.